The normalized spacial score (nSPS) is 14.6. The first-order valence-corrected chi connectivity index (χ1v) is 14.6. The summed E-state index contributed by atoms with van der Waals surface area (Å²) in [5.41, 5.74) is 4.16. The number of likely N-dealkylation sites (tertiary alicyclic amines) is 1. The quantitative estimate of drug-likeness (QED) is 0.263. The third-order valence-corrected chi connectivity index (χ3v) is 7.54. The molecule has 3 heterocycles. The van der Waals surface area contributed by atoms with Crippen LogP contribution in [0.4, 0.5) is 28.8 Å². The lowest BCUT2D eigenvalue weighted by Crippen LogP contribution is -2.36. The zero-order valence-corrected chi connectivity index (χ0v) is 23.8. The van der Waals surface area contributed by atoms with Crippen LogP contribution in [0.25, 0.3) is 11.0 Å². The van der Waals surface area contributed by atoms with Gasteiger partial charge in [0.05, 0.1) is 35.9 Å². The van der Waals surface area contributed by atoms with Crippen LogP contribution in [0.5, 0.6) is 5.75 Å². The molecular formula is C27H29ClN8O3S. The van der Waals surface area contributed by atoms with Crippen LogP contribution in [-0.4, -0.2) is 61.4 Å². The minimum Gasteiger partial charge on any atom is -0.495 e. The van der Waals surface area contributed by atoms with Gasteiger partial charge in [-0.1, -0.05) is 17.7 Å². The maximum absolute atomic E-state index is 12.0. The number of halogens is 1. The Kier molecular flexibility index (Phi) is 8.27. The first-order chi connectivity index (χ1) is 19.3. The van der Waals surface area contributed by atoms with Crippen molar-refractivity contribution in [2.45, 2.75) is 25.7 Å². The van der Waals surface area contributed by atoms with Crippen molar-refractivity contribution >= 4 is 68.4 Å². The fourth-order valence-electron chi connectivity index (χ4n) is 4.74. The summed E-state index contributed by atoms with van der Waals surface area (Å²) < 4.78 is 20.7. The highest BCUT2D eigenvalue weighted by Gasteiger charge is 2.23. The standard InChI is InChI=1S/C27H29ClN8O3S/c1-16(37)36-12-8-17(9-13-36)18-4-5-20(23(14-18)39-2)33-27-31-15-19(28)26(34-27)32-22-7-6-21-24(30-11-10-29-21)25(22)35-40(3)38/h4-7,10-11,14-15,17,35H,8-9,12-13H2,1-3H3,(H2,31,32,33,34). The summed E-state index contributed by atoms with van der Waals surface area (Å²) in [6, 6.07) is 9.62. The van der Waals surface area contributed by atoms with Gasteiger partial charge in [0.2, 0.25) is 11.9 Å². The summed E-state index contributed by atoms with van der Waals surface area (Å²) in [6.07, 6.45) is 8.02. The third kappa shape index (κ3) is 6.07. The van der Waals surface area contributed by atoms with Crippen LogP contribution in [0.3, 0.4) is 0 Å². The number of nitrogens with one attached hydrogen (secondary N) is 3. The van der Waals surface area contributed by atoms with E-state index < -0.39 is 11.0 Å². The number of fused-ring (bicyclic) bond motifs is 1. The molecule has 3 N–H and O–H groups in total. The maximum Gasteiger partial charge on any atom is 0.229 e. The van der Waals surface area contributed by atoms with Crippen molar-refractivity contribution in [1.29, 1.82) is 0 Å². The predicted octanol–water partition coefficient (Wildman–Crippen LogP) is 5.00. The van der Waals surface area contributed by atoms with Gasteiger partial charge in [-0.3, -0.25) is 14.8 Å². The Bertz CT molecular complexity index is 1580. The van der Waals surface area contributed by atoms with E-state index >= 15 is 0 Å². The smallest absolute Gasteiger partial charge is 0.229 e. The molecule has 5 rings (SSSR count). The van der Waals surface area contributed by atoms with Crippen molar-refractivity contribution in [2.75, 3.05) is 41.8 Å². The van der Waals surface area contributed by atoms with Crippen LogP contribution in [0.1, 0.15) is 31.2 Å². The molecule has 0 bridgehead atoms. The zero-order valence-electron chi connectivity index (χ0n) is 22.3. The molecule has 40 heavy (non-hydrogen) atoms. The molecule has 0 spiro atoms. The van der Waals surface area contributed by atoms with Gasteiger partial charge in [0.1, 0.15) is 27.3 Å². The highest BCUT2D eigenvalue weighted by atomic mass is 35.5. The Morgan fingerprint density at radius 1 is 1.07 bits per heavy atom. The molecule has 1 amide bonds. The second-order valence-electron chi connectivity index (χ2n) is 9.35. The van der Waals surface area contributed by atoms with Crippen molar-refractivity contribution in [1.82, 2.24) is 24.8 Å². The predicted molar refractivity (Wildman–Crippen MR) is 158 cm³/mol. The molecule has 1 saturated heterocycles. The second-order valence-corrected chi connectivity index (χ2v) is 10.9. The van der Waals surface area contributed by atoms with E-state index in [0.717, 1.165) is 31.5 Å². The summed E-state index contributed by atoms with van der Waals surface area (Å²) in [4.78, 5) is 31.2. The second kappa shape index (κ2) is 12.0. The van der Waals surface area contributed by atoms with Crippen molar-refractivity contribution < 1.29 is 13.7 Å². The van der Waals surface area contributed by atoms with Crippen LogP contribution >= 0.6 is 11.6 Å². The molecule has 0 saturated carbocycles. The molecule has 208 valence electrons. The largest absolute Gasteiger partial charge is 0.495 e. The molecule has 1 fully saturated rings. The summed E-state index contributed by atoms with van der Waals surface area (Å²) in [7, 11) is 0.262. The molecule has 1 aliphatic heterocycles. The van der Waals surface area contributed by atoms with Gasteiger partial charge in [-0.05, 0) is 48.6 Å². The Hall–Kier alpha value is -4.03. The molecule has 11 nitrogen and oxygen atoms in total. The van der Waals surface area contributed by atoms with Gasteiger partial charge in [0, 0.05) is 38.7 Å². The fourth-order valence-corrected chi connectivity index (χ4v) is 5.38. The van der Waals surface area contributed by atoms with Gasteiger partial charge in [-0.2, -0.15) is 4.98 Å². The number of piperidine rings is 1. The number of hydrogen-bond donors (Lipinski definition) is 3. The molecular weight excluding hydrogens is 552 g/mol. The van der Waals surface area contributed by atoms with Crippen LogP contribution in [-0.2, 0) is 15.8 Å². The number of aromatic nitrogens is 4. The fraction of sp³-hybridized carbons (Fsp3) is 0.296. The van der Waals surface area contributed by atoms with Gasteiger partial charge in [0.25, 0.3) is 0 Å². The highest BCUT2D eigenvalue weighted by molar-refractivity contribution is 7.85. The first kappa shape index (κ1) is 27.5. The number of nitrogens with zero attached hydrogens (tertiary/aromatic N) is 5. The summed E-state index contributed by atoms with van der Waals surface area (Å²) in [5, 5.41) is 6.73. The number of rotatable bonds is 8. The molecule has 2 aromatic carbocycles. The van der Waals surface area contributed by atoms with E-state index in [1.165, 1.54) is 12.5 Å². The highest BCUT2D eigenvalue weighted by Crippen LogP contribution is 2.36. The molecule has 4 aromatic rings. The average molecular weight is 581 g/mol. The monoisotopic (exact) mass is 580 g/mol. The Morgan fingerprint density at radius 3 is 2.55 bits per heavy atom. The van der Waals surface area contributed by atoms with Gasteiger partial charge < -0.3 is 25.0 Å². The number of ether oxygens (including phenoxy) is 1. The first-order valence-electron chi connectivity index (χ1n) is 12.7. The number of hydrogen-bond acceptors (Lipinski definition) is 9. The number of amides is 1. The number of carbonyl (C=O) groups excluding carboxylic acids is 1. The van der Waals surface area contributed by atoms with Crippen molar-refractivity contribution in [3.8, 4) is 5.75 Å². The van der Waals surface area contributed by atoms with Gasteiger partial charge in [-0.25, -0.2) is 9.19 Å². The number of carbonyl (C=O) groups is 1. The minimum absolute atomic E-state index is 0.120. The van der Waals surface area contributed by atoms with Crippen molar-refractivity contribution in [2.24, 2.45) is 0 Å². The van der Waals surface area contributed by atoms with Crippen LogP contribution in [0.2, 0.25) is 5.02 Å². The van der Waals surface area contributed by atoms with E-state index in [1.54, 1.807) is 38.6 Å². The molecule has 0 aliphatic carbocycles. The van der Waals surface area contributed by atoms with Gasteiger partial charge >= 0.3 is 0 Å². The Balaban J connectivity index is 1.38. The van der Waals surface area contributed by atoms with E-state index in [1.807, 2.05) is 17.0 Å². The average Bonchev–Trinajstić information content (AvgIpc) is 2.96. The summed E-state index contributed by atoms with van der Waals surface area (Å²) in [6.45, 7) is 3.13. The lowest BCUT2D eigenvalue weighted by atomic mass is 9.89. The molecule has 13 heteroatoms. The van der Waals surface area contributed by atoms with Crippen LogP contribution in [0.15, 0.2) is 48.9 Å². The molecule has 1 aliphatic rings. The maximum atomic E-state index is 12.0. The number of methoxy groups -OCH3 is 1. The molecule has 0 radical (unpaired) electrons. The topological polar surface area (TPSA) is 134 Å². The van der Waals surface area contributed by atoms with Crippen molar-refractivity contribution in [3.63, 3.8) is 0 Å². The van der Waals surface area contributed by atoms with Crippen LogP contribution in [0, 0.1) is 0 Å². The Labute approximate surface area is 239 Å². The lowest BCUT2D eigenvalue weighted by molar-refractivity contribution is -0.129. The van der Waals surface area contributed by atoms with E-state index in [9.17, 15) is 9.00 Å². The SMILES string of the molecule is COc1cc(C2CCN(C(C)=O)CC2)ccc1Nc1ncc(Cl)c(Nc2ccc3nccnc3c2NS(C)=O)n1. The molecule has 1 atom stereocenters. The van der Waals surface area contributed by atoms with Crippen LogP contribution < -0.4 is 20.1 Å². The van der Waals surface area contributed by atoms with Gasteiger partial charge in [0.15, 0.2) is 5.82 Å². The number of anilines is 5. The summed E-state index contributed by atoms with van der Waals surface area (Å²) >= 11 is 6.45. The van der Waals surface area contributed by atoms with E-state index in [2.05, 4.69) is 41.4 Å². The lowest BCUT2D eigenvalue weighted by Gasteiger charge is -2.31. The molecule has 2 aromatic heterocycles. The number of benzene rings is 2. The zero-order chi connectivity index (χ0) is 28.2. The van der Waals surface area contributed by atoms with E-state index in [0.29, 0.717) is 56.6 Å². The van der Waals surface area contributed by atoms with Crippen molar-refractivity contribution in [3.05, 3.63) is 59.5 Å². The Morgan fingerprint density at radius 2 is 1.82 bits per heavy atom. The van der Waals surface area contributed by atoms with E-state index in [4.69, 9.17) is 16.3 Å². The van der Waals surface area contributed by atoms with E-state index in [-0.39, 0.29) is 5.91 Å². The van der Waals surface area contributed by atoms with Gasteiger partial charge in [-0.15, -0.1) is 0 Å². The summed E-state index contributed by atoms with van der Waals surface area (Å²) in [5.74, 6) is 1.79. The molecule has 1 unspecified atom stereocenters. The third-order valence-electron chi connectivity index (χ3n) is 6.77. The minimum atomic E-state index is -1.36.